The Morgan fingerprint density at radius 3 is 2.55 bits per heavy atom. The number of fused-ring (bicyclic) bond motifs is 1. The van der Waals surface area contributed by atoms with Crippen LogP contribution in [0.3, 0.4) is 0 Å². The summed E-state index contributed by atoms with van der Waals surface area (Å²) in [5.74, 6) is 0.842. The van der Waals surface area contributed by atoms with Crippen molar-refractivity contribution in [2.75, 3.05) is 19.6 Å². The van der Waals surface area contributed by atoms with Crippen molar-refractivity contribution in [3.05, 3.63) is 0 Å². The predicted molar refractivity (Wildman–Crippen MR) is 79.2 cm³/mol. The van der Waals surface area contributed by atoms with Crippen molar-refractivity contribution in [3.63, 3.8) is 0 Å². The molecule has 0 bridgehead atoms. The molecule has 2 amide bonds. The number of hydrogen-bond donors (Lipinski definition) is 0. The quantitative estimate of drug-likeness (QED) is 0.796. The molecule has 4 heteroatoms. The summed E-state index contributed by atoms with van der Waals surface area (Å²) in [4.78, 5) is 28.7. The van der Waals surface area contributed by atoms with E-state index in [4.69, 9.17) is 0 Å². The molecule has 1 unspecified atom stereocenters. The van der Waals surface area contributed by atoms with Gasteiger partial charge in [0.05, 0.1) is 0 Å². The minimum atomic E-state index is -0.193. The lowest BCUT2D eigenvalue weighted by Crippen LogP contribution is -2.51. The molecule has 0 aliphatic carbocycles. The van der Waals surface area contributed by atoms with E-state index in [0.29, 0.717) is 18.9 Å². The van der Waals surface area contributed by atoms with Gasteiger partial charge in [0.1, 0.15) is 6.04 Å². The molecule has 2 saturated heterocycles. The Kier molecular flexibility index (Phi) is 4.40. The van der Waals surface area contributed by atoms with E-state index < -0.39 is 0 Å². The van der Waals surface area contributed by atoms with E-state index in [1.165, 1.54) is 0 Å². The fraction of sp³-hybridized carbons (Fsp3) is 0.875. The number of nitrogens with zero attached hydrogens (tertiary/aromatic N) is 2. The van der Waals surface area contributed by atoms with Gasteiger partial charge >= 0.3 is 0 Å². The molecule has 2 rings (SSSR count). The zero-order valence-corrected chi connectivity index (χ0v) is 13.3. The third kappa shape index (κ3) is 2.99. The zero-order chi connectivity index (χ0) is 14.9. The number of rotatable bonds is 3. The molecule has 2 aliphatic rings. The summed E-state index contributed by atoms with van der Waals surface area (Å²) < 4.78 is 0. The molecule has 0 aromatic carbocycles. The highest BCUT2D eigenvalue weighted by atomic mass is 16.2. The van der Waals surface area contributed by atoms with E-state index in [1.807, 2.05) is 9.80 Å². The van der Waals surface area contributed by atoms with E-state index in [0.717, 1.165) is 32.4 Å². The zero-order valence-electron chi connectivity index (χ0n) is 13.3. The smallest absolute Gasteiger partial charge is 0.245 e. The van der Waals surface area contributed by atoms with E-state index in [9.17, 15) is 9.59 Å². The summed E-state index contributed by atoms with van der Waals surface area (Å²) in [7, 11) is 0. The van der Waals surface area contributed by atoms with Crippen molar-refractivity contribution in [3.8, 4) is 0 Å². The van der Waals surface area contributed by atoms with E-state index in [1.54, 1.807) is 0 Å². The van der Waals surface area contributed by atoms with Crippen LogP contribution in [-0.4, -0.2) is 47.3 Å². The molecule has 4 nitrogen and oxygen atoms in total. The molecular formula is C16H28N2O2. The molecule has 20 heavy (non-hydrogen) atoms. The second-order valence-corrected chi connectivity index (χ2v) is 7.25. The van der Waals surface area contributed by atoms with E-state index >= 15 is 0 Å². The third-order valence-corrected chi connectivity index (χ3v) is 5.18. The Balaban J connectivity index is 2.15. The van der Waals surface area contributed by atoms with Crippen molar-refractivity contribution in [2.45, 2.75) is 59.4 Å². The summed E-state index contributed by atoms with van der Waals surface area (Å²) in [6, 6.07) is -0.193. The highest BCUT2D eigenvalue weighted by Gasteiger charge is 2.39. The fourth-order valence-corrected chi connectivity index (χ4v) is 3.01. The number of hydrogen-bond acceptors (Lipinski definition) is 2. The first-order valence-corrected chi connectivity index (χ1v) is 7.91. The van der Waals surface area contributed by atoms with Gasteiger partial charge in [-0.3, -0.25) is 9.59 Å². The van der Waals surface area contributed by atoms with Gasteiger partial charge in [-0.2, -0.15) is 0 Å². The molecule has 2 aliphatic heterocycles. The maximum absolute atomic E-state index is 12.8. The van der Waals surface area contributed by atoms with Gasteiger partial charge in [-0.05, 0) is 30.6 Å². The first-order valence-electron chi connectivity index (χ1n) is 7.91. The molecule has 0 aromatic rings. The lowest BCUT2D eigenvalue weighted by molar-refractivity contribution is -0.143. The van der Waals surface area contributed by atoms with Crippen LogP contribution in [0.4, 0.5) is 0 Å². The first kappa shape index (κ1) is 15.3. The van der Waals surface area contributed by atoms with Crippen LogP contribution >= 0.6 is 0 Å². The number of amides is 2. The van der Waals surface area contributed by atoms with E-state index in [-0.39, 0.29) is 23.3 Å². The number of piperidine rings is 1. The lowest BCUT2D eigenvalue weighted by atomic mass is 9.80. The minimum Gasteiger partial charge on any atom is -0.340 e. The van der Waals surface area contributed by atoms with Crippen LogP contribution < -0.4 is 0 Å². The van der Waals surface area contributed by atoms with Crippen LogP contribution in [0.5, 0.6) is 0 Å². The maximum atomic E-state index is 12.8. The largest absolute Gasteiger partial charge is 0.340 e. The molecular weight excluding hydrogens is 252 g/mol. The Hall–Kier alpha value is -1.06. The standard InChI is InChI=1S/C16H28N2O2/c1-12(2)16(3,4)11-17-10-8-14(19)18-9-6-5-7-13(18)15(17)20/h12-13H,5-11H2,1-4H3. The van der Waals surface area contributed by atoms with Crippen LogP contribution in [0.15, 0.2) is 0 Å². The van der Waals surface area contributed by atoms with E-state index in [2.05, 4.69) is 27.7 Å². The van der Waals surface area contributed by atoms with Crippen molar-refractivity contribution in [2.24, 2.45) is 11.3 Å². The lowest BCUT2D eigenvalue weighted by Gasteiger charge is -2.38. The predicted octanol–water partition coefficient (Wildman–Crippen LogP) is 2.28. The van der Waals surface area contributed by atoms with Crippen LogP contribution in [-0.2, 0) is 9.59 Å². The highest BCUT2D eigenvalue weighted by Crippen LogP contribution is 2.30. The van der Waals surface area contributed by atoms with Crippen molar-refractivity contribution >= 4 is 11.8 Å². The number of carbonyl (C=O) groups excluding carboxylic acids is 2. The van der Waals surface area contributed by atoms with Gasteiger partial charge in [0, 0.05) is 26.1 Å². The van der Waals surface area contributed by atoms with Gasteiger partial charge in [-0.25, -0.2) is 0 Å². The van der Waals surface area contributed by atoms with Crippen LogP contribution in [0, 0.1) is 11.3 Å². The second-order valence-electron chi connectivity index (χ2n) is 7.25. The molecule has 0 N–H and O–H groups in total. The molecule has 2 fully saturated rings. The minimum absolute atomic E-state index is 0.0859. The Bertz CT molecular complexity index is 390. The highest BCUT2D eigenvalue weighted by molar-refractivity contribution is 5.90. The van der Waals surface area contributed by atoms with Gasteiger partial charge in [-0.1, -0.05) is 27.7 Å². The second kappa shape index (κ2) is 5.74. The Labute approximate surface area is 122 Å². The van der Waals surface area contributed by atoms with Crippen molar-refractivity contribution < 1.29 is 9.59 Å². The normalized spacial score (nSPS) is 24.9. The maximum Gasteiger partial charge on any atom is 0.245 e. The fourth-order valence-electron chi connectivity index (χ4n) is 3.01. The molecule has 0 spiro atoms. The average Bonchev–Trinajstić information content (AvgIpc) is 2.51. The molecule has 114 valence electrons. The topological polar surface area (TPSA) is 40.6 Å². The summed E-state index contributed by atoms with van der Waals surface area (Å²) >= 11 is 0. The van der Waals surface area contributed by atoms with Gasteiger partial charge < -0.3 is 9.80 Å². The molecule has 1 atom stereocenters. The van der Waals surface area contributed by atoms with Crippen LogP contribution in [0.25, 0.3) is 0 Å². The summed E-state index contributed by atoms with van der Waals surface area (Å²) in [5, 5.41) is 0. The molecule has 0 radical (unpaired) electrons. The average molecular weight is 280 g/mol. The summed E-state index contributed by atoms with van der Waals surface area (Å²) in [5.41, 5.74) is 0.0859. The van der Waals surface area contributed by atoms with Crippen LogP contribution in [0.2, 0.25) is 0 Å². The first-order chi connectivity index (χ1) is 9.33. The summed E-state index contributed by atoms with van der Waals surface area (Å²) in [6.45, 7) is 10.9. The number of carbonyl (C=O) groups is 2. The SMILES string of the molecule is CC(C)C(C)(C)CN1CCC(=O)N2CCCCC2C1=O. The molecule has 2 heterocycles. The summed E-state index contributed by atoms with van der Waals surface area (Å²) in [6.07, 6.45) is 3.41. The Morgan fingerprint density at radius 1 is 1.20 bits per heavy atom. The third-order valence-electron chi connectivity index (χ3n) is 5.18. The monoisotopic (exact) mass is 280 g/mol. The molecule has 0 aromatic heterocycles. The Morgan fingerprint density at radius 2 is 1.90 bits per heavy atom. The van der Waals surface area contributed by atoms with Gasteiger partial charge in [0.15, 0.2) is 0 Å². The van der Waals surface area contributed by atoms with Gasteiger partial charge in [0.25, 0.3) is 0 Å². The molecule has 0 saturated carbocycles. The van der Waals surface area contributed by atoms with Gasteiger partial charge in [0.2, 0.25) is 11.8 Å². The van der Waals surface area contributed by atoms with Crippen LogP contribution in [0.1, 0.15) is 53.4 Å². The van der Waals surface area contributed by atoms with Crippen molar-refractivity contribution in [1.29, 1.82) is 0 Å². The van der Waals surface area contributed by atoms with Gasteiger partial charge in [-0.15, -0.1) is 0 Å². The van der Waals surface area contributed by atoms with Crippen molar-refractivity contribution in [1.82, 2.24) is 9.80 Å².